The number of likely N-dealkylation sites (tertiary alicyclic amines) is 1. The number of nitrogens with two attached hydrogens (primary N) is 1. The van der Waals surface area contributed by atoms with Crippen LogP contribution in [0.3, 0.4) is 0 Å². The van der Waals surface area contributed by atoms with Crippen LogP contribution in [0.25, 0.3) is 0 Å². The van der Waals surface area contributed by atoms with Gasteiger partial charge in [-0.05, 0) is 68.7 Å². The number of benzene rings is 1. The molecule has 1 unspecified atom stereocenters. The van der Waals surface area contributed by atoms with Gasteiger partial charge in [-0.25, -0.2) is 4.39 Å². The zero-order valence-corrected chi connectivity index (χ0v) is 19.0. The summed E-state index contributed by atoms with van der Waals surface area (Å²) >= 11 is 0. The Morgan fingerprint density at radius 3 is 2.41 bits per heavy atom. The lowest BCUT2D eigenvalue weighted by Gasteiger charge is -2.44. The number of carbonyl (C=O) groups excluding carboxylic acids is 2. The van der Waals surface area contributed by atoms with Gasteiger partial charge in [0.25, 0.3) is 5.91 Å². The van der Waals surface area contributed by atoms with Crippen molar-refractivity contribution in [3.63, 3.8) is 0 Å². The van der Waals surface area contributed by atoms with E-state index in [0.717, 1.165) is 18.9 Å². The summed E-state index contributed by atoms with van der Waals surface area (Å²) in [6, 6.07) is 6.01. The quantitative estimate of drug-likeness (QED) is 0.646. The van der Waals surface area contributed by atoms with Crippen LogP contribution in [-0.2, 0) is 4.79 Å². The molecule has 6 nitrogen and oxygen atoms in total. The minimum atomic E-state index is -0.523. The molecule has 0 radical (unpaired) electrons. The number of piperidine rings is 1. The fraction of sp³-hybridized carbons (Fsp3) is 0.680. The van der Waals surface area contributed by atoms with Crippen molar-refractivity contribution >= 4 is 11.8 Å². The monoisotopic (exact) mass is 444 g/mol. The molecule has 176 valence electrons. The number of amides is 2. The third kappa shape index (κ3) is 5.67. The van der Waals surface area contributed by atoms with Crippen molar-refractivity contribution in [2.45, 2.75) is 75.9 Å². The summed E-state index contributed by atoms with van der Waals surface area (Å²) in [5.74, 6) is 0.0404. The maximum absolute atomic E-state index is 13.3. The van der Waals surface area contributed by atoms with Crippen molar-refractivity contribution in [3.8, 4) is 0 Å². The van der Waals surface area contributed by atoms with E-state index < -0.39 is 6.04 Å². The topological polar surface area (TPSA) is 78.7 Å². The second kappa shape index (κ2) is 10.8. The Morgan fingerprint density at radius 2 is 1.75 bits per heavy atom. The van der Waals surface area contributed by atoms with Crippen LogP contribution in [0, 0.1) is 11.7 Å². The molecule has 2 atom stereocenters. The summed E-state index contributed by atoms with van der Waals surface area (Å²) in [5, 5.41) is 2.90. The number of nitrogens with zero attached hydrogens (tertiary/aromatic N) is 2. The summed E-state index contributed by atoms with van der Waals surface area (Å²) < 4.78 is 13.3. The van der Waals surface area contributed by atoms with E-state index in [9.17, 15) is 14.0 Å². The molecule has 2 aliphatic carbocycles. The molecule has 4 rings (SSSR count). The number of halogens is 1. The molecule has 3 N–H and O–H groups in total. The third-order valence-corrected chi connectivity index (χ3v) is 7.35. The van der Waals surface area contributed by atoms with Gasteiger partial charge in [0.2, 0.25) is 5.91 Å². The van der Waals surface area contributed by atoms with Crippen molar-refractivity contribution in [3.05, 3.63) is 35.6 Å². The molecule has 1 aliphatic heterocycles. The zero-order valence-electron chi connectivity index (χ0n) is 19.0. The third-order valence-electron chi connectivity index (χ3n) is 7.35. The lowest BCUT2D eigenvalue weighted by molar-refractivity contribution is -0.127. The predicted molar refractivity (Wildman–Crippen MR) is 123 cm³/mol. The summed E-state index contributed by atoms with van der Waals surface area (Å²) in [7, 11) is 0. The molecule has 0 bridgehead atoms. The molecule has 0 spiro atoms. The first kappa shape index (κ1) is 23.2. The number of nitrogens with one attached hydrogen (secondary N) is 1. The van der Waals surface area contributed by atoms with Gasteiger partial charge in [0.1, 0.15) is 11.9 Å². The first-order valence-corrected chi connectivity index (χ1v) is 12.4. The maximum Gasteiger partial charge on any atom is 0.254 e. The highest BCUT2D eigenvalue weighted by molar-refractivity contribution is 5.97. The lowest BCUT2D eigenvalue weighted by Crippen LogP contribution is -2.58. The van der Waals surface area contributed by atoms with Gasteiger partial charge in [0.05, 0.1) is 0 Å². The van der Waals surface area contributed by atoms with Crippen LogP contribution in [0.5, 0.6) is 0 Å². The molecule has 3 fully saturated rings. The van der Waals surface area contributed by atoms with Crippen molar-refractivity contribution in [2.24, 2.45) is 11.7 Å². The van der Waals surface area contributed by atoms with E-state index in [2.05, 4.69) is 10.2 Å². The summed E-state index contributed by atoms with van der Waals surface area (Å²) in [5.41, 5.74) is 6.01. The first-order valence-electron chi connectivity index (χ1n) is 12.4. The largest absolute Gasteiger partial charge is 0.353 e. The second-order valence-corrected chi connectivity index (χ2v) is 9.71. The van der Waals surface area contributed by atoms with E-state index in [1.807, 2.05) is 0 Å². The highest BCUT2D eigenvalue weighted by Gasteiger charge is 2.42. The van der Waals surface area contributed by atoms with Crippen LogP contribution in [0.2, 0.25) is 0 Å². The number of hydrogen-bond acceptors (Lipinski definition) is 4. The maximum atomic E-state index is 13.3. The molecule has 1 saturated heterocycles. The second-order valence-electron chi connectivity index (χ2n) is 9.71. The number of rotatable bonds is 8. The Kier molecular flexibility index (Phi) is 7.79. The van der Waals surface area contributed by atoms with Gasteiger partial charge in [0.15, 0.2) is 0 Å². The average Bonchev–Trinajstić information content (AvgIpc) is 3.67. The van der Waals surface area contributed by atoms with Gasteiger partial charge >= 0.3 is 0 Å². The molecule has 32 heavy (non-hydrogen) atoms. The lowest BCUT2D eigenvalue weighted by atomic mass is 9.87. The molecule has 7 heteroatoms. The number of hydrogen-bond donors (Lipinski definition) is 2. The summed E-state index contributed by atoms with van der Waals surface area (Å²) in [6.45, 7) is 2.42. The van der Waals surface area contributed by atoms with Crippen LogP contribution in [0.15, 0.2) is 24.3 Å². The smallest absolute Gasteiger partial charge is 0.254 e. The van der Waals surface area contributed by atoms with E-state index in [1.54, 1.807) is 4.90 Å². The normalized spacial score (nSPS) is 24.5. The SMILES string of the molecule is NCCNC(=O)[C@H]1CC(N(CC2CCCCC2)C2CC2)CCN1C(=O)c1ccc(F)cc1. The van der Waals surface area contributed by atoms with Crippen LogP contribution in [0.4, 0.5) is 4.39 Å². The van der Waals surface area contributed by atoms with Gasteiger partial charge in [-0.15, -0.1) is 0 Å². The molecule has 0 aromatic heterocycles. The van der Waals surface area contributed by atoms with E-state index in [-0.39, 0.29) is 17.6 Å². The minimum Gasteiger partial charge on any atom is -0.353 e. The van der Waals surface area contributed by atoms with E-state index in [4.69, 9.17) is 5.73 Å². The molecule has 1 heterocycles. The van der Waals surface area contributed by atoms with Gasteiger partial charge in [0, 0.05) is 43.8 Å². The molecule has 3 aliphatic rings. The van der Waals surface area contributed by atoms with E-state index in [0.29, 0.717) is 43.7 Å². The van der Waals surface area contributed by atoms with E-state index in [1.165, 1.54) is 69.2 Å². The zero-order chi connectivity index (χ0) is 22.5. The van der Waals surface area contributed by atoms with E-state index >= 15 is 0 Å². The Bertz CT molecular complexity index is 777. The molecule has 2 amide bonds. The van der Waals surface area contributed by atoms with Gasteiger partial charge in [-0.3, -0.25) is 14.5 Å². The van der Waals surface area contributed by atoms with Crippen molar-refractivity contribution in [1.29, 1.82) is 0 Å². The van der Waals surface area contributed by atoms with Gasteiger partial charge < -0.3 is 16.0 Å². The van der Waals surface area contributed by atoms with Gasteiger partial charge in [-0.2, -0.15) is 0 Å². The van der Waals surface area contributed by atoms with Crippen molar-refractivity contribution in [2.75, 3.05) is 26.2 Å². The molecule has 1 aromatic carbocycles. The Balaban J connectivity index is 1.49. The van der Waals surface area contributed by atoms with Crippen LogP contribution < -0.4 is 11.1 Å². The van der Waals surface area contributed by atoms with Crippen LogP contribution in [0.1, 0.15) is 68.1 Å². The van der Waals surface area contributed by atoms with Crippen molar-refractivity contribution < 1.29 is 14.0 Å². The standard InChI is InChI=1S/C25H37FN4O2/c26-20-8-6-19(7-9-20)25(32)29-15-12-22(16-23(29)24(31)28-14-13-27)30(21-10-11-21)17-18-4-2-1-3-5-18/h6-9,18,21-23H,1-5,10-17,27H2,(H,28,31)/t22?,23-/m1/s1. The molecule has 2 saturated carbocycles. The fourth-order valence-electron chi connectivity index (χ4n) is 5.48. The first-order chi connectivity index (χ1) is 15.6. The summed E-state index contributed by atoms with van der Waals surface area (Å²) in [4.78, 5) is 30.6. The van der Waals surface area contributed by atoms with Crippen molar-refractivity contribution in [1.82, 2.24) is 15.1 Å². The Morgan fingerprint density at radius 1 is 1.03 bits per heavy atom. The van der Waals surface area contributed by atoms with Crippen LogP contribution >= 0.6 is 0 Å². The minimum absolute atomic E-state index is 0.135. The number of carbonyl (C=O) groups is 2. The summed E-state index contributed by atoms with van der Waals surface area (Å²) in [6.07, 6.45) is 10.6. The Hall–Kier alpha value is -1.99. The highest BCUT2D eigenvalue weighted by atomic mass is 19.1. The van der Waals surface area contributed by atoms with Gasteiger partial charge in [-0.1, -0.05) is 19.3 Å². The molecule has 1 aromatic rings. The Labute approximate surface area is 190 Å². The fourth-order valence-corrected chi connectivity index (χ4v) is 5.48. The highest BCUT2D eigenvalue weighted by Crippen LogP contribution is 2.36. The van der Waals surface area contributed by atoms with Crippen LogP contribution in [-0.4, -0.2) is 65.9 Å². The predicted octanol–water partition coefficient (Wildman–Crippen LogP) is 2.92. The molecular formula is C25H37FN4O2. The average molecular weight is 445 g/mol. The molecular weight excluding hydrogens is 407 g/mol.